The van der Waals surface area contributed by atoms with Gasteiger partial charge >= 0.3 is 0 Å². The first-order valence-corrected chi connectivity index (χ1v) is 11.7. The van der Waals surface area contributed by atoms with Crippen molar-refractivity contribution in [3.05, 3.63) is 63.3 Å². The summed E-state index contributed by atoms with van der Waals surface area (Å²) in [5.74, 6) is -0.764. The molecule has 0 saturated carbocycles. The summed E-state index contributed by atoms with van der Waals surface area (Å²) in [5.41, 5.74) is 3.44. The molecule has 29 heavy (non-hydrogen) atoms. The second kappa shape index (κ2) is 8.76. The first-order valence-electron chi connectivity index (χ1n) is 8.32. The summed E-state index contributed by atoms with van der Waals surface area (Å²) >= 11 is 8.26. The molecule has 5 nitrogen and oxygen atoms in total. The Hall–Kier alpha value is -2.04. The highest BCUT2D eigenvalue weighted by Crippen LogP contribution is 2.32. The van der Waals surface area contributed by atoms with Crippen molar-refractivity contribution in [2.24, 2.45) is 0 Å². The van der Waals surface area contributed by atoms with E-state index in [0.717, 1.165) is 16.7 Å². The molecule has 3 rings (SSSR count). The minimum atomic E-state index is -3.24. The lowest BCUT2D eigenvalue weighted by Gasteiger charge is -2.11. The van der Waals surface area contributed by atoms with Crippen molar-refractivity contribution in [3.63, 3.8) is 0 Å². The van der Waals surface area contributed by atoms with Crippen LogP contribution in [0, 0.1) is 3.70 Å². The summed E-state index contributed by atoms with van der Waals surface area (Å²) in [4.78, 5) is 15.9. The molecule has 0 unspecified atom stereocenters. The van der Waals surface area contributed by atoms with Gasteiger partial charge < -0.3 is 5.32 Å². The van der Waals surface area contributed by atoms with Crippen molar-refractivity contribution in [3.8, 4) is 22.4 Å². The third-order valence-electron chi connectivity index (χ3n) is 4.10. The van der Waals surface area contributed by atoms with E-state index in [0.29, 0.717) is 20.1 Å². The van der Waals surface area contributed by atoms with Gasteiger partial charge in [0.25, 0.3) is 5.91 Å². The van der Waals surface area contributed by atoms with Gasteiger partial charge in [-0.2, -0.15) is 0 Å². The number of nitrogens with one attached hydrogen (secondary N) is 1. The van der Waals surface area contributed by atoms with Crippen molar-refractivity contribution in [1.82, 2.24) is 4.98 Å². The summed E-state index contributed by atoms with van der Waals surface area (Å²) in [6.45, 7) is -1.12. The highest BCUT2D eigenvalue weighted by Gasteiger charge is 2.13. The number of carbonyl (C=O) groups is 1. The van der Waals surface area contributed by atoms with Gasteiger partial charge in [0.15, 0.2) is 16.5 Å². The maximum absolute atomic E-state index is 12.4. The van der Waals surface area contributed by atoms with Crippen molar-refractivity contribution < 1.29 is 17.6 Å². The van der Waals surface area contributed by atoms with E-state index in [1.165, 1.54) is 12.3 Å². The third kappa shape index (κ3) is 5.12. The van der Waals surface area contributed by atoms with Crippen LogP contribution >= 0.6 is 34.2 Å². The molecule has 0 spiro atoms. The fraction of sp³-hybridized carbons (Fsp3) is 0.100. The molecule has 0 aliphatic rings. The van der Waals surface area contributed by atoms with E-state index in [9.17, 15) is 17.6 Å². The topological polar surface area (TPSA) is 76.1 Å². The lowest BCUT2D eigenvalue weighted by molar-refractivity contribution is -0.117. The van der Waals surface area contributed by atoms with Crippen LogP contribution in [0.25, 0.3) is 22.4 Å². The number of nitrogens with zero attached hydrogens (tertiary/aromatic N) is 1. The first kappa shape index (κ1) is 21.7. The second-order valence-corrected chi connectivity index (χ2v) is 9.66. The van der Waals surface area contributed by atoms with E-state index in [4.69, 9.17) is 11.6 Å². The lowest BCUT2D eigenvalue weighted by atomic mass is 10.0. The average Bonchev–Trinajstić information content (AvgIpc) is 2.70. The van der Waals surface area contributed by atoms with Gasteiger partial charge in [-0.25, -0.2) is 17.8 Å². The summed E-state index contributed by atoms with van der Waals surface area (Å²) in [5, 5.41) is 2.74. The molecule has 0 aliphatic carbocycles. The van der Waals surface area contributed by atoms with Crippen LogP contribution in [0.2, 0.25) is 5.02 Å². The molecule has 1 aromatic heterocycles. The van der Waals surface area contributed by atoms with Crippen molar-refractivity contribution in [2.45, 2.75) is 4.90 Å². The van der Waals surface area contributed by atoms with Gasteiger partial charge in [-0.05, 0) is 51.9 Å². The SMILES string of the molecule is CS(=O)(=O)c1ccc(-c2ccc(-c3nc(I)c(NC(=O)CF)cc3Cl)cc2)cc1. The number of pyridine rings is 1. The van der Waals surface area contributed by atoms with E-state index >= 15 is 0 Å². The van der Waals surface area contributed by atoms with Crippen LogP contribution in [-0.4, -0.2) is 32.2 Å². The predicted molar refractivity (Wildman–Crippen MR) is 121 cm³/mol. The van der Waals surface area contributed by atoms with Gasteiger partial charge in [-0.1, -0.05) is 48.0 Å². The average molecular weight is 545 g/mol. The summed E-state index contributed by atoms with van der Waals surface area (Å²) < 4.78 is 36.1. The number of amides is 1. The number of aromatic nitrogens is 1. The Bertz CT molecular complexity index is 1170. The minimum Gasteiger partial charge on any atom is -0.321 e. The third-order valence-corrected chi connectivity index (χ3v) is 6.34. The minimum absolute atomic E-state index is 0.267. The number of sulfone groups is 1. The number of carbonyl (C=O) groups excluding carboxylic acids is 1. The zero-order valence-electron chi connectivity index (χ0n) is 15.1. The Morgan fingerprint density at radius 2 is 1.59 bits per heavy atom. The van der Waals surface area contributed by atoms with Gasteiger partial charge in [0, 0.05) is 11.8 Å². The Morgan fingerprint density at radius 3 is 2.10 bits per heavy atom. The van der Waals surface area contributed by atoms with Gasteiger partial charge in [0.1, 0.15) is 3.70 Å². The number of anilines is 1. The molecule has 1 amide bonds. The summed E-state index contributed by atoms with van der Waals surface area (Å²) in [6, 6.07) is 15.7. The molecule has 0 bridgehead atoms. The molecule has 0 fully saturated rings. The predicted octanol–water partition coefficient (Wildman–Crippen LogP) is 4.99. The lowest BCUT2D eigenvalue weighted by Crippen LogP contribution is -2.14. The second-order valence-electron chi connectivity index (χ2n) is 6.21. The van der Waals surface area contributed by atoms with Crippen LogP contribution in [0.4, 0.5) is 10.1 Å². The normalized spacial score (nSPS) is 11.3. The van der Waals surface area contributed by atoms with Gasteiger partial charge in [-0.3, -0.25) is 4.79 Å². The quantitative estimate of drug-likeness (QED) is 0.363. The number of alkyl halides is 1. The van der Waals surface area contributed by atoms with Crippen LogP contribution in [0.15, 0.2) is 59.5 Å². The highest BCUT2D eigenvalue weighted by molar-refractivity contribution is 14.1. The van der Waals surface area contributed by atoms with Crippen molar-refractivity contribution >= 4 is 55.6 Å². The number of halogens is 3. The molecule has 1 N–H and O–H groups in total. The first-order chi connectivity index (χ1) is 13.7. The van der Waals surface area contributed by atoms with Gasteiger partial charge in [0.05, 0.1) is 21.3 Å². The largest absolute Gasteiger partial charge is 0.321 e. The van der Waals surface area contributed by atoms with Crippen LogP contribution in [0.1, 0.15) is 0 Å². The van der Waals surface area contributed by atoms with Gasteiger partial charge in [-0.15, -0.1) is 0 Å². The molecular formula is C20H15ClFIN2O3S. The Kier molecular flexibility index (Phi) is 6.55. The highest BCUT2D eigenvalue weighted by atomic mass is 127. The van der Waals surface area contributed by atoms with Crippen LogP contribution < -0.4 is 5.32 Å². The number of hydrogen-bond donors (Lipinski definition) is 1. The molecule has 0 radical (unpaired) electrons. The van der Waals surface area contributed by atoms with E-state index in [-0.39, 0.29) is 4.90 Å². The molecule has 9 heteroatoms. The molecule has 0 aliphatic heterocycles. The van der Waals surface area contributed by atoms with Crippen molar-refractivity contribution in [1.29, 1.82) is 0 Å². The zero-order valence-corrected chi connectivity index (χ0v) is 18.8. The number of hydrogen-bond acceptors (Lipinski definition) is 4. The smallest absolute Gasteiger partial charge is 0.255 e. The van der Waals surface area contributed by atoms with Crippen molar-refractivity contribution in [2.75, 3.05) is 18.2 Å². The van der Waals surface area contributed by atoms with E-state index in [1.807, 2.05) is 46.9 Å². The number of rotatable bonds is 5. The monoisotopic (exact) mass is 544 g/mol. The van der Waals surface area contributed by atoms with Crippen LogP contribution in [0.5, 0.6) is 0 Å². The van der Waals surface area contributed by atoms with Crippen LogP contribution in [0.3, 0.4) is 0 Å². The summed E-state index contributed by atoms with van der Waals surface area (Å²) in [6.07, 6.45) is 1.17. The Balaban J connectivity index is 1.88. The molecule has 2 aromatic carbocycles. The molecule has 150 valence electrons. The zero-order chi connectivity index (χ0) is 21.2. The van der Waals surface area contributed by atoms with E-state index in [2.05, 4.69) is 10.3 Å². The summed E-state index contributed by atoms with van der Waals surface area (Å²) in [7, 11) is -3.24. The Morgan fingerprint density at radius 1 is 1.07 bits per heavy atom. The number of benzene rings is 2. The van der Waals surface area contributed by atoms with E-state index in [1.54, 1.807) is 24.3 Å². The molecule has 0 saturated heterocycles. The maximum Gasteiger partial charge on any atom is 0.255 e. The van der Waals surface area contributed by atoms with E-state index < -0.39 is 22.4 Å². The molecule has 1 heterocycles. The van der Waals surface area contributed by atoms with Gasteiger partial charge in [0.2, 0.25) is 0 Å². The fourth-order valence-electron chi connectivity index (χ4n) is 2.66. The standard InChI is InChI=1S/C20H15ClFIN2O3S/c1-29(27,28)15-8-6-13(7-9-15)12-2-4-14(5-3-12)19-16(21)10-17(20(23)25-19)24-18(26)11-22/h2-10H,11H2,1H3,(H,24,26). The molecule has 3 aromatic rings. The molecule has 0 atom stereocenters. The Labute approximate surface area is 186 Å². The fourth-order valence-corrected chi connectivity index (χ4v) is 4.08. The van der Waals surface area contributed by atoms with Crippen LogP contribution in [-0.2, 0) is 14.6 Å². The maximum atomic E-state index is 12.4. The molecular weight excluding hydrogens is 530 g/mol.